The number of aryl methyl sites for hydroxylation is 1. The van der Waals surface area contributed by atoms with Gasteiger partial charge in [0.25, 0.3) is 0 Å². The number of hydrogen-bond acceptors (Lipinski definition) is 1. The lowest BCUT2D eigenvalue weighted by Crippen LogP contribution is -2.38. The molecule has 0 amide bonds. The van der Waals surface area contributed by atoms with E-state index in [-0.39, 0.29) is 5.41 Å². The molecule has 0 aliphatic heterocycles. The van der Waals surface area contributed by atoms with Crippen molar-refractivity contribution in [1.82, 2.24) is 5.32 Å². The van der Waals surface area contributed by atoms with Crippen LogP contribution in [0.15, 0.2) is 48.5 Å². The van der Waals surface area contributed by atoms with Crippen molar-refractivity contribution >= 4 is 0 Å². The van der Waals surface area contributed by atoms with Crippen LogP contribution in [0, 0.1) is 13.8 Å². The molecule has 1 N–H and O–H groups in total. The van der Waals surface area contributed by atoms with E-state index in [0.29, 0.717) is 6.04 Å². The van der Waals surface area contributed by atoms with Crippen LogP contribution in [0.1, 0.15) is 49.1 Å². The zero-order chi connectivity index (χ0) is 15.5. The normalized spacial score (nSPS) is 13.2. The Labute approximate surface area is 129 Å². The molecule has 1 unspecified atom stereocenters. The highest BCUT2D eigenvalue weighted by Crippen LogP contribution is 2.38. The predicted octanol–water partition coefficient (Wildman–Crippen LogP) is 4.93. The highest BCUT2D eigenvalue weighted by Gasteiger charge is 2.32. The highest BCUT2D eigenvalue weighted by molar-refractivity contribution is 5.39. The minimum Gasteiger partial charge on any atom is -0.309 e. The van der Waals surface area contributed by atoms with Gasteiger partial charge in [0, 0.05) is 11.5 Å². The third-order valence-electron chi connectivity index (χ3n) is 4.61. The van der Waals surface area contributed by atoms with Crippen molar-refractivity contribution in [2.75, 3.05) is 6.54 Å². The predicted molar refractivity (Wildman–Crippen MR) is 91.8 cm³/mol. The van der Waals surface area contributed by atoms with Crippen molar-refractivity contribution in [3.05, 3.63) is 70.8 Å². The lowest BCUT2D eigenvalue weighted by Gasteiger charge is -2.37. The molecule has 1 heteroatoms. The first-order valence-corrected chi connectivity index (χ1v) is 7.83. The van der Waals surface area contributed by atoms with Crippen molar-refractivity contribution in [1.29, 1.82) is 0 Å². The summed E-state index contributed by atoms with van der Waals surface area (Å²) in [4.78, 5) is 0. The molecular weight excluding hydrogens is 254 g/mol. The molecule has 112 valence electrons. The lowest BCUT2D eigenvalue weighted by molar-refractivity contribution is 0.352. The first-order valence-electron chi connectivity index (χ1n) is 7.83. The van der Waals surface area contributed by atoms with Gasteiger partial charge in [-0.05, 0) is 42.6 Å². The van der Waals surface area contributed by atoms with Crippen molar-refractivity contribution < 1.29 is 0 Å². The Hall–Kier alpha value is -1.60. The molecule has 0 saturated heterocycles. The Bertz CT molecular complexity index is 584. The second kappa shape index (κ2) is 6.44. The van der Waals surface area contributed by atoms with Crippen molar-refractivity contribution in [2.24, 2.45) is 0 Å². The molecule has 2 rings (SSSR count). The summed E-state index contributed by atoms with van der Waals surface area (Å²) in [6.07, 6.45) is 0. The van der Waals surface area contributed by atoms with Gasteiger partial charge in [-0.2, -0.15) is 0 Å². The largest absolute Gasteiger partial charge is 0.309 e. The van der Waals surface area contributed by atoms with Crippen molar-refractivity contribution in [3.63, 3.8) is 0 Å². The maximum atomic E-state index is 3.71. The molecule has 2 aromatic carbocycles. The summed E-state index contributed by atoms with van der Waals surface area (Å²) >= 11 is 0. The molecule has 2 aromatic rings. The smallest absolute Gasteiger partial charge is 0.0415 e. The van der Waals surface area contributed by atoms with Crippen molar-refractivity contribution in [3.8, 4) is 0 Å². The van der Waals surface area contributed by atoms with Gasteiger partial charge in [0.2, 0.25) is 0 Å². The first kappa shape index (κ1) is 15.8. The maximum absolute atomic E-state index is 3.71. The van der Waals surface area contributed by atoms with E-state index in [9.17, 15) is 0 Å². The Balaban J connectivity index is 2.50. The topological polar surface area (TPSA) is 12.0 Å². The third-order valence-corrected chi connectivity index (χ3v) is 4.61. The second-order valence-corrected chi connectivity index (χ2v) is 6.37. The van der Waals surface area contributed by atoms with Gasteiger partial charge in [-0.25, -0.2) is 0 Å². The average molecular weight is 281 g/mol. The Morgan fingerprint density at radius 2 is 1.62 bits per heavy atom. The molecule has 21 heavy (non-hydrogen) atoms. The van der Waals surface area contributed by atoms with Crippen LogP contribution in [-0.4, -0.2) is 6.54 Å². The van der Waals surface area contributed by atoms with Crippen LogP contribution >= 0.6 is 0 Å². The molecule has 0 fully saturated rings. The van der Waals surface area contributed by atoms with E-state index in [0.717, 1.165) is 6.54 Å². The quantitative estimate of drug-likeness (QED) is 0.819. The van der Waals surface area contributed by atoms with E-state index in [4.69, 9.17) is 0 Å². The second-order valence-electron chi connectivity index (χ2n) is 6.37. The molecule has 0 aliphatic rings. The summed E-state index contributed by atoms with van der Waals surface area (Å²) in [5.41, 5.74) is 5.57. The summed E-state index contributed by atoms with van der Waals surface area (Å²) in [7, 11) is 0. The third kappa shape index (κ3) is 3.19. The van der Waals surface area contributed by atoms with E-state index in [1.807, 2.05) is 0 Å². The standard InChI is InChI=1S/C20H27N/c1-6-21-19(18-14-10-11-15(2)16(18)3)20(4,5)17-12-8-7-9-13-17/h7-14,19,21H,6H2,1-5H3. The number of benzene rings is 2. The van der Waals surface area contributed by atoms with E-state index < -0.39 is 0 Å². The average Bonchev–Trinajstić information content (AvgIpc) is 2.49. The van der Waals surface area contributed by atoms with Crippen LogP contribution in [0.4, 0.5) is 0 Å². The fourth-order valence-corrected chi connectivity index (χ4v) is 3.08. The van der Waals surface area contributed by atoms with Crippen LogP contribution < -0.4 is 5.32 Å². The van der Waals surface area contributed by atoms with E-state index in [2.05, 4.69) is 88.5 Å². The lowest BCUT2D eigenvalue weighted by atomic mass is 9.73. The van der Waals surface area contributed by atoms with Crippen molar-refractivity contribution in [2.45, 2.75) is 46.1 Å². The van der Waals surface area contributed by atoms with Gasteiger partial charge in [0.15, 0.2) is 0 Å². The summed E-state index contributed by atoms with van der Waals surface area (Å²) in [6, 6.07) is 17.7. The maximum Gasteiger partial charge on any atom is 0.0415 e. The van der Waals surface area contributed by atoms with Gasteiger partial charge in [-0.1, -0.05) is 69.3 Å². The SMILES string of the molecule is CCNC(c1cccc(C)c1C)C(C)(C)c1ccccc1. The number of likely N-dealkylation sites (N-methyl/N-ethyl adjacent to an activating group) is 1. The monoisotopic (exact) mass is 281 g/mol. The molecular formula is C20H27N. The highest BCUT2D eigenvalue weighted by atomic mass is 14.9. The van der Waals surface area contributed by atoms with Crippen LogP contribution in [0.3, 0.4) is 0 Å². The summed E-state index contributed by atoms with van der Waals surface area (Å²) in [5.74, 6) is 0. The minimum atomic E-state index is 0.0375. The molecule has 0 spiro atoms. The number of hydrogen-bond donors (Lipinski definition) is 1. The van der Waals surface area contributed by atoms with Gasteiger partial charge in [0.1, 0.15) is 0 Å². The van der Waals surface area contributed by atoms with Gasteiger partial charge >= 0.3 is 0 Å². The Morgan fingerprint density at radius 1 is 0.952 bits per heavy atom. The Morgan fingerprint density at radius 3 is 2.24 bits per heavy atom. The van der Waals surface area contributed by atoms with Crippen LogP contribution in [-0.2, 0) is 5.41 Å². The molecule has 0 saturated carbocycles. The summed E-state index contributed by atoms with van der Waals surface area (Å²) in [5, 5.41) is 3.71. The number of nitrogens with one attached hydrogen (secondary N) is 1. The summed E-state index contributed by atoms with van der Waals surface area (Å²) < 4.78 is 0. The fraction of sp³-hybridized carbons (Fsp3) is 0.400. The zero-order valence-corrected chi connectivity index (χ0v) is 13.9. The molecule has 0 heterocycles. The van der Waals surface area contributed by atoms with E-state index in [1.54, 1.807) is 0 Å². The molecule has 1 atom stereocenters. The van der Waals surface area contributed by atoms with Crippen LogP contribution in [0.25, 0.3) is 0 Å². The summed E-state index contributed by atoms with van der Waals surface area (Å²) in [6.45, 7) is 12.2. The molecule has 0 aliphatic carbocycles. The minimum absolute atomic E-state index is 0.0375. The van der Waals surface area contributed by atoms with Crippen LogP contribution in [0.2, 0.25) is 0 Å². The van der Waals surface area contributed by atoms with Gasteiger partial charge in [0.05, 0.1) is 0 Å². The first-order chi connectivity index (χ1) is 9.98. The van der Waals surface area contributed by atoms with Crippen LogP contribution in [0.5, 0.6) is 0 Å². The molecule has 0 bridgehead atoms. The molecule has 0 aromatic heterocycles. The fourth-order valence-electron chi connectivity index (χ4n) is 3.08. The number of rotatable bonds is 5. The van der Waals surface area contributed by atoms with Gasteiger partial charge < -0.3 is 5.32 Å². The Kier molecular flexibility index (Phi) is 4.84. The zero-order valence-electron chi connectivity index (χ0n) is 13.9. The van der Waals surface area contributed by atoms with Gasteiger partial charge in [-0.15, -0.1) is 0 Å². The molecule has 1 nitrogen and oxygen atoms in total. The molecule has 0 radical (unpaired) electrons. The van der Waals surface area contributed by atoms with Gasteiger partial charge in [-0.3, -0.25) is 0 Å². The van der Waals surface area contributed by atoms with E-state index in [1.165, 1.54) is 22.3 Å². The van der Waals surface area contributed by atoms with E-state index >= 15 is 0 Å².